The van der Waals surface area contributed by atoms with Crippen LogP contribution in [-0.4, -0.2) is 17.6 Å². The Morgan fingerprint density at radius 3 is 2.91 bits per heavy atom. The summed E-state index contributed by atoms with van der Waals surface area (Å²) in [5.41, 5.74) is 1.48. The van der Waals surface area contributed by atoms with E-state index in [1.54, 1.807) is 13.0 Å². The van der Waals surface area contributed by atoms with Crippen LogP contribution in [0.2, 0.25) is 0 Å². The fraction of sp³-hybridized carbons (Fsp3) is 0.235. The quantitative estimate of drug-likeness (QED) is 0.775. The highest BCUT2D eigenvalue weighted by atomic mass is 32.1. The molecule has 1 amide bonds. The van der Waals surface area contributed by atoms with E-state index in [4.69, 9.17) is 4.42 Å². The Bertz CT molecular complexity index is 803. The zero-order valence-corrected chi connectivity index (χ0v) is 13.2. The largest absolute Gasteiger partial charge is 0.451 e. The zero-order chi connectivity index (χ0) is 15.7. The molecule has 0 saturated heterocycles. The summed E-state index contributed by atoms with van der Waals surface area (Å²) in [6.45, 7) is 3.79. The van der Waals surface area contributed by atoms with Crippen molar-refractivity contribution in [2.75, 3.05) is 6.54 Å². The fourth-order valence-electron chi connectivity index (χ4n) is 2.29. The van der Waals surface area contributed by atoms with Gasteiger partial charge in [0, 0.05) is 5.39 Å². The Morgan fingerprint density at radius 1 is 1.36 bits per heavy atom. The van der Waals surface area contributed by atoms with Crippen LogP contribution in [0, 0.1) is 6.92 Å². The molecule has 114 valence electrons. The van der Waals surface area contributed by atoms with Crippen molar-refractivity contribution >= 4 is 28.2 Å². The summed E-state index contributed by atoms with van der Waals surface area (Å²) in [6, 6.07) is 9.33. The first-order valence-corrected chi connectivity index (χ1v) is 7.93. The number of amides is 1. The minimum atomic E-state index is -1.10. The van der Waals surface area contributed by atoms with E-state index in [0.717, 1.165) is 16.5 Å². The Kier molecular flexibility index (Phi) is 3.76. The van der Waals surface area contributed by atoms with Gasteiger partial charge in [0.1, 0.15) is 11.2 Å². The standard InChI is InChI=1S/C17H17NO3S/c1-11-3-4-14-12(7-11)8-15(21-14)16(19)18-10-17(2,20)13-5-6-22-9-13/h3-9,20H,10H2,1-2H3,(H,18,19). The number of fused-ring (bicyclic) bond motifs is 1. The molecule has 2 heterocycles. The van der Waals surface area contributed by atoms with E-state index >= 15 is 0 Å². The number of benzene rings is 1. The normalized spacial score (nSPS) is 14.0. The summed E-state index contributed by atoms with van der Waals surface area (Å²) >= 11 is 1.51. The van der Waals surface area contributed by atoms with E-state index in [1.807, 2.05) is 41.9 Å². The lowest BCUT2D eigenvalue weighted by atomic mass is 9.99. The maximum Gasteiger partial charge on any atom is 0.287 e. The SMILES string of the molecule is Cc1ccc2oc(C(=O)NCC(C)(O)c3ccsc3)cc2c1. The number of furan rings is 1. The number of rotatable bonds is 4. The van der Waals surface area contributed by atoms with Crippen LogP contribution in [-0.2, 0) is 5.60 Å². The predicted molar refractivity (Wildman–Crippen MR) is 87.2 cm³/mol. The number of aliphatic hydroxyl groups is 1. The van der Waals surface area contributed by atoms with Gasteiger partial charge in [0.2, 0.25) is 0 Å². The van der Waals surface area contributed by atoms with Gasteiger partial charge in [-0.1, -0.05) is 11.6 Å². The third-order valence-electron chi connectivity index (χ3n) is 3.63. The van der Waals surface area contributed by atoms with Crippen LogP contribution >= 0.6 is 11.3 Å². The van der Waals surface area contributed by atoms with Gasteiger partial charge in [-0.15, -0.1) is 0 Å². The molecule has 0 bridgehead atoms. The average molecular weight is 315 g/mol. The molecule has 0 radical (unpaired) electrons. The Balaban J connectivity index is 1.73. The van der Waals surface area contributed by atoms with Crippen LogP contribution in [0.1, 0.15) is 28.6 Å². The van der Waals surface area contributed by atoms with Crippen LogP contribution in [0.25, 0.3) is 11.0 Å². The summed E-state index contributed by atoms with van der Waals surface area (Å²) in [4.78, 5) is 12.2. The number of hydrogen-bond donors (Lipinski definition) is 2. The molecule has 0 fully saturated rings. The lowest BCUT2D eigenvalue weighted by molar-refractivity contribution is 0.0523. The maximum atomic E-state index is 12.2. The van der Waals surface area contributed by atoms with Crippen molar-refractivity contribution in [1.29, 1.82) is 0 Å². The number of carbonyl (C=O) groups is 1. The summed E-state index contributed by atoms with van der Waals surface area (Å²) in [5, 5.41) is 17.8. The molecule has 0 aliphatic rings. The van der Waals surface area contributed by atoms with Crippen LogP contribution < -0.4 is 5.32 Å². The second-order valence-corrected chi connectivity index (χ2v) is 6.40. The summed E-state index contributed by atoms with van der Waals surface area (Å²) in [7, 11) is 0. The molecule has 4 nitrogen and oxygen atoms in total. The van der Waals surface area contributed by atoms with Gasteiger partial charge in [0.05, 0.1) is 6.54 Å². The third kappa shape index (κ3) is 2.91. The van der Waals surface area contributed by atoms with E-state index in [9.17, 15) is 9.90 Å². The third-order valence-corrected chi connectivity index (χ3v) is 4.32. The van der Waals surface area contributed by atoms with E-state index in [-0.39, 0.29) is 18.2 Å². The molecule has 5 heteroatoms. The second-order valence-electron chi connectivity index (χ2n) is 5.62. The number of nitrogens with one attached hydrogen (secondary N) is 1. The molecule has 2 N–H and O–H groups in total. The molecule has 1 aromatic carbocycles. The Morgan fingerprint density at radius 2 is 2.18 bits per heavy atom. The molecule has 22 heavy (non-hydrogen) atoms. The zero-order valence-electron chi connectivity index (χ0n) is 12.4. The maximum absolute atomic E-state index is 12.2. The fourth-order valence-corrected chi connectivity index (χ4v) is 3.07. The van der Waals surface area contributed by atoms with Crippen molar-refractivity contribution in [1.82, 2.24) is 5.32 Å². The van der Waals surface area contributed by atoms with Gasteiger partial charge in [-0.05, 0) is 54.4 Å². The highest BCUT2D eigenvalue weighted by Gasteiger charge is 2.25. The number of aryl methyl sites for hydroxylation is 1. The molecular formula is C17H17NO3S. The summed E-state index contributed by atoms with van der Waals surface area (Å²) in [5.74, 6) is -0.0777. The van der Waals surface area contributed by atoms with Gasteiger partial charge >= 0.3 is 0 Å². The van der Waals surface area contributed by atoms with Gasteiger partial charge in [-0.3, -0.25) is 4.79 Å². The first kappa shape index (κ1) is 14.8. The molecule has 1 unspecified atom stereocenters. The van der Waals surface area contributed by atoms with Crippen LogP contribution in [0.3, 0.4) is 0 Å². The smallest absolute Gasteiger partial charge is 0.287 e. The van der Waals surface area contributed by atoms with E-state index in [0.29, 0.717) is 5.58 Å². The van der Waals surface area contributed by atoms with Crippen molar-refractivity contribution in [3.8, 4) is 0 Å². The minimum absolute atomic E-state index is 0.124. The lowest BCUT2D eigenvalue weighted by Crippen LogP contribution is -2.38. The molecule has 0 spiro atoms. The van der Waals surface area contributed by atoms with E-state index < -0.39 is 5.60 Å². The van der Waals surface area contributed by atoms with Crippen LogP contribution in [0.15, 0.2) is 45.5 Å². The topological polar surface area (TPSA) is 62.5 Å². The van der Waals surface area contributed by atoms with Crippen molar-refractivity contribution in [3.63, 3.8) is 0 Å². The van der Waals surface area contributed by atoms with E-state index in [2.05, 4.69) is 5.32 Å². The van der Waals surface area contributed by atoms with Crippen LogP contribution in [0.4, 0.5) is 0 Å². The molecule has 1 atom stereocenters. The van der Waals surface area contributed by atoms with Gasteiger partial charge < -0.3 is 14.8 Å². The first-order chi connectivity index (χ1) is 10.5. The molecule has 0 aliphatic heterocycles. The average Bonchev–Trinajstić information content (AvgIpc) is 3.13. The monoisotopic (exact) mass is 315 g/mol. The first-order valence-electron chi connectivity index (χ1n) is 6.99. The van der Waals surface area contributed by atoms with Crippen molar-refractivity contribution < 1.29 is 14.3 Å². The molecule has 2 aromatic heterocycles. The Hall–Kier alpha value is -2.11. The highest BCUT2D eigenvalue weighted by Crippen LogP contribution is 2.23. The van der Waals surface area contributed by atoms with Gasteiger partial charge in [0.15, 0.2) is 5.76 Å². The summed E-state index contributed by atoms with van der Waals surface area (Å²) in [6.07, 6.45) is 0. The van der Waals surface area contributed by atoms with Crippen molar-refractivity contribution in [2.24, 2.45) is 0 Å². The lowest BCUT2D eigenvalue weighted by Gasteiger charge is -2.22. The molecular weight excluding hydrogens is 298 g/mol. The van der Waals surface area contributed by atoms with Gasteiger partial charge in [0.25, 0.3) is 5.91 Å². The van der Waals surface area contributed by atoms with Crippen molar-refractivity contribution in [2.45, 2.75) is 19.4 Å². The highest BCUT2D eigenvalue weighted by molar-refractivity contribution is 7.08. The second kappa shape index (κ2) is 5.59. The van der Waals surface area contributed by atoms with Crippen LogP contribution in [0.5, 0.6) is 0 Å². The minimum Gasteiger partial charge on any atom is -0.451 e. The Labute approximate surface area is 132 Å². The predicted octanol–water partition coefficient (Wildman–Crippen LogP) is 3.44. The molecule has 0 aliphatic carbocycles. The number of hydrogen-bond acceptors (Lipinski definition) is 4. The van der Waals surface area contributed by atoms with E-state index in [1.165, 1.54) is 11.3 Å². The van der Waals surface area contributed by atoms with Gasteiger partial charge in [-0.25, -0.2) is 0 Å². The number of thiophene rings is 1. The molecule has 3 rings (SSSR count). The molecule has 0 saturated carbocycles. The number of carbonyl (C=O) groups excluding carboxylic acids is 1. The molecule has 3 aromatic rings. The summed E-state index contributed by atoms with van der Waals surface area (Å²) < 4.78 is 5.55. The van der Waals surface area contributed by atoms with Gasteiger partial charge in [-0.2, -0.15) is 11.3 Å². The van der Waals surface area contributed by atoms with Crippen molar-refractivity contribution in [3.05, 3.63) is 58.0 Å².